The molecular formula is C19H20O3S. The first kappa shape index (κ1) is 17.2. The molecule has 0 aliphatic heterocycles. The van der Waals surface area contributed by atoms with Crippen LogP contribution in [0.4, 0.5) is 0 Å². The fourth-order valence-corrected chi connectivity index (χ4v) is 3.19. The lowest BCUT2D eigenvalue weighted by Gasteiger charge is -2.06. The zero-order chi connectivity index (χ0) is 16.5. The van der Waals surface area contributed by atoms with Crippen molar-refractivity contribution in [2.75, 3.05) is 6.61 Å². The third kappa shape index (κ3) is 5.18. The van der Waals surface area contributed by atoms with Gasteiger partial charge >= 0.3 is 5.97 Å². The van der Waals surface area contributed by atoms with E-state index in [9.17, 15) is 9.00 Å². The summed E-state index contributed by atoms with van der Waals surface area (Å²) in [5.41, 5.74) is 0.752. The van der Waals surface area contributed by atoms with Crippen molar-refractivity contribution in [2.45, 2.75) is 29.6 Å². The minimum absolute atomic E-state index is 0.376. The molecule has 2 aromatic carbocycles. The molecule has 0 spiro atoms. The summed E-state index contributed by atoms with van der Waals surface area (Å²) in [5, 5.41) is 0. The van der Waals surface area contributed by atoms with E-state index in [0.29, 0.717) is 11.5 Å². The third-order valence-corrected chi connectivity index (χ3v) is 4.69. The molecule has 2 aromatic rings. The highest BCUT2D eigenvalue weighted by atomic mass is 32.2. The summed E-state index contributed by atoms with van der Waals surface area (Å²) >= 11 is 0. The van der Waals surface area contributed by atoms with E-state index < -0.39 is 10.8 Å². The Morgan fingerprint density at radius 2 is 1.78 bits per heavy atom. The van der Waals surface area contributed by atoms with Gasteiger partial charge in [-0.2, -0.15) is 0 Å². The highest BCUT2D eigenvalue weighted by Crippen LogP contribution is 2.21. The Morgan fingerprint density at radius 1 is 1.09 bits per heavy atom. The molecule has 0 aliphatic rings. The highest BCUT2D eigenvalue weighted by molar-refractivity contribution is 7.85. The second-order valence-corrected chi connectivity index (χ2v) is 6.42. The number of hydrogen-bond acceptors (Lipinski definition) is 3. The summed E-state index contributed by atoms with van der Waals surface area (Å²) in [6, 6.07) is 16.6. The van der Waals surface area contributed by atoms with Gasteiger partial charge in [-0.25, -0.2) is 9.00 Å². The summed E-state index contributed by atoms with van der Waals surface area (Å²) in [7, 11) is -1.28. The fourth-order valence-electron chi connectivity index (χ4n) is 1.98. The topological polar surface area (TPSA) is 43.4 Å². The number of unbranched alkanes of at least 4 members (excludes halogenated alkanes) is 1. The van der Waals surface area contributed by atoms with Crippen molar-refractivity contribution < 1.29 is 13.7 Å². The van der Waals surface area contributed by atoms with Crippen LogP contribution in [0.1, 0.15) is 25.3 Å². The standard InChI is InChI=1S/C19H20O3S/c1-2-3-15-22-19(20)14-13-16-9-7-8-12-18(16)23(21)17-10-5-4-6-11-17/h4-14H,2-3,15H2,1H3/b14-13+. The molecule has 1 atom stereocenters. The lowest BCUT2D eigenvalue weighted by Crippen LogP contribution is -2.02. The second kappa shape index (κ2) is 9.06. The van der Waals surface area contributed by atoms with Crippen LogP contribution in [0.25, 0.3) is 6.08 Å². The van der Waals surface area contributed by atoms with Crippen molar-refractivity contribution in [3.63, 3.8) is 0 Å². The first-order valence-electron chi connectivity index (χ1n) is 7.63. The second-order valence-electron chi connectivity index (χ2n) is 4.97. The molecule has 0 saturated heterocycles. The summed E-state index contributed by atoms with van der Waals surface area (Å²) in [5.74, 6) is -0.376. The van der Waals surface area contributed by atoms with Crippen LogP contribution < -0.4 is 0 Å². The maximum atomic E-state index is 12.7. The molecular weight excluding hydrogens is 308 g/mol. The van der Waals surface area contributed by atoms with E-state index in [0.717, 1.165) is 23.3 Å². The number of carbonyl (C=O) groups is 1. The predicted octanol–water partition coefficient (Wildman–Crippen LogP) is 4.21. The lowest BCUT2D eigenvalue weighted by molar-refractivity contribution is -0.137. The molecule has 0 bridgehead atoms. The average Bonchev–Trinajstić information content (AvgIpc) is 2.60. The lowest BCUT2D eigenvalue weighted by atomic mass is 10.2. The maximum absolute atomic E-state index is 12.7. The number of ether oxygens (including phenoxy) is 1. The molecule has 2 rings (SSSR count). The fraction of sp³-hybridized carbons (Fsp3) is 0.211. The zero-order valence-corrected chi connectivity index (χ0v) is 13.9. The van der Waals surface area contributed by atoms with Gasteiger partial charge in [-0.05, 0) is 36.3 Å². The van der Waals surface area contributed by atoms with Gasteiger partial charge in [0.25, 0.3) is 0 Å². The van der Waals surface area contributed by atoms with Crippen molar-refractivity contribution in [1.82, 2.24) is 0 Å². The van der Waals surface area contributed by atoms with Gasteiger partial charge in [-0.3, -0.25) is 0 Å². The molecule has 0 aliphatic carbocycles. The van der Waals surface area contributed by atoms with Crippen LogP contribution in [0.5, 0.6) is 0 Å². The normalized spacial score (nSPS) is 12.2. The van der Waals surface area contributed by atoms with Gasteiger partial charge in [0.2, 0.25) is 0 Å². The van der Waals surface area contributed by atoms with Gasteiger partial charge in [-0.15, -0.1) is 0 Å². The predicted molar refractivity (Wildman–Crippen MR) is 92.5 cm³/mol. The monoisotopic (exact) mass is 328 g/mol. The molecule has 120 valence electrons. The number of carbonyl (C=O) groups excluding carboxylic acids is 1. The quantitative estimate of drug-likeness (QED) is 0.434. The maximum Gasteiger partial charge on any atom is 0.330 e. The molecule has 0 amide bonds. The van der Waals surface area contributed by atoms with Crippen LogP contribution in [-0.2, 0) is 20.3 Å². The van der Waals surface area contributed by atoms with Gasteiger partial charge in [0.05, 0.1) is 22.3 Å². The third-order valence-electron chi connectivity index (χ3n) is 3.22. The number of esters is 1. The van der Waals surface area contributed by atoms with Gasteiger partial charge in [0, 0.05) is 11.0 Å². The molecule has 23 heavy (non-hydrogen) atoms. The van der Waals surface area contributed by atoms with E-state index in [2.05, 4.69) is 0 Å². The van der Waals surface area contributed by atoms with E-state index in [1.54, 1.807) is 6.08 Å². The number of rotatable bonds is 7. The van der Waals surface area contributed by atoms with E-state index in [1.807, 2.05) is 61.5 Å². The molecule has 0 aromatic heterocycles. The Morgan fingerprint density at radius 3 is 2.52 bits per heavy atom. The summed E-state index contributed by atoms with van der Waals surface area (Å²) in [6.45, 7) is 2.47. The Hall–Kier alpha value is -2.20. The van der Waals surface area contributed by atoms with Crippen LogP contribution >= 0.6 is 0 Å². The van der Waals surface area contributed by atoms with Crippen LogP contribution in [0.3, 0.4) is 0 Å². The first-order valence-corrected chi connectivity index (χ1v) is 8.78. The smallest absolute Gasteiger partial charge is 0.330 e. The Bertz CT molecular complexity index is 693. The highest BCUT2D eigenvalue weighted by Gasteiger charge is 2.10. The van der Waals surface area contributed by atoms with Crippen LogP contribution in [0.15, 0.2) is 70.5 Å². The van der Waals surface area contributed by atoms with E-state index in [-0.39, 0.29) is 5.97 Å². The summed E-state index contributed by atoms with van der Waals surface area (Å²) in [4.78, 5) is 13.1. The van der Waals surface area contributed by atoms with E-state index >= 15 is 0 Å². The van der Waals surface area contributed by atoms with Crippen molar-refractivity contribution in [2.24, 2.45) is 0 Å². The van der Waals surface area contributed by atoms with E-state index in [4.69, 9.17) is 4.74 Å². The van der Waals surface area contributed by atoms with Crippen LogP contribution in [0.2, 0.25) is 0 Å². The van der Waals surface area contributed by atoms with Gasteiger partial charge in [0.1, 0.15) is 0 Å². The molecule has 1 unspecified atom stereocenters. The molecule has 0 radical (unpaired) electrons. The van der Waals surface area contributed by atoms with Crippen molar-refractivity contribution >= 4 is 22.8 Å². The summed E-state index contributed by atoms with van der Waals surface area (Å²) in [6.07, 6.45) is 4.88. The molecule has 4 heteroatoms. The van der Waals surface area contributed by atoms with Crippen molar-refractivity contribution in [1.29, 1.82) is 0 Å². The van der Waals surface area contributed by atoms with E-state index in [1.165, 1.54) is 6.08 Å². The number of benzene rings is 2. The molecule has 0 heterocycles. The minimum atomic E-state index is -1.28. The average molecular weight is 328 g/mol. The van der Waals surface area contributed by atoms with Gasteiger partial charge < -0.3 is 4.74 Å². The Kier molecular flexibility index (Phi) is 6.76. The van der Waals surface area contributed by atoms with Crippen LogP contribution in [-0.4, -0.2) is 16.8 Å². The van der Waals surface area contributed by atoms with Gasteiger partial charge in [-0.1, -0.05) is 49.7 Å². The number of hydrogen-bond donors (Lipinski definition) is 0. The van der Waals surface area contributed by atoms with Crippen molar-refractivity contribution in [3.8, 4) is 0 Å². The van der Waals surface area contributed by atoms with Crippen molar-refractivity contribution in [3.05, 3.63) is 66.2 Å². The molecule has 0 fully saturated rings. The Labute approximate surface area is 139 Å². The zero-order valence-electron chi connectivity index (χ0n) is 13.1. The SMILES string of the molecule is CCCCOC(=O)/C=C/c1ccccc1S(=O)c1ccccc1. The largest absolute Gasteiger partial charge is 0.463 e. The Balaban J connectivity index is 2.15. The van der Waals surface area contributed by atoms with Crippen LogP contribution in [0, 0.1) is 0 Å². The minimum Gasteiger partial charge on any atom is -0.463 e. The molecule has 3 nitrogen and oxygen atoms in total. The molecule has 0 N–H and O–H groups in total. The molecule has 0 saturated carbocycles. The first-order chi connectivity index (χ1) is 11.2. The summed E-state index contributed by atoms with van der Waals surface area (Å²) < 4.78 is 17.8. The van der Waals surface area contributed by atoms with Gasteiger partial charge in [0.15, 0.2) is 0 Å².